The predicted molar refractivity (Wildman–Crippen MR) is 119 cm³/mol. The van der Waals surface area contributed by atoms with E-state index in [2.05, 4.69) is 30.8 Å². The van der Waals surface area contributed by atoms with Gasteiger partial charge in [0.25, 0.3) is 5.91 Å². The number of aromatic nitrogens is 2. The standard InChI is InChI=1S/C22H20BrN5O3/c1-26-10-12-27(13-11-26)22(30)31-21-16-5-3-2-4-15(16)20(29)28(21)18-9-7-14-6-8-17(23)24-19(14)25-18/h2-9,21H,10-13H2,1H3. The highest BCUT2D eigenvalue weighted by Gasteiger charge is 2.41. The van der Waals surface area contributed by atoms with Crippen LogP contribution in [0.4, 0.5) is 10.6 Å². The van der Waals surface area contributed by atoms with Crippen molar-refractivity contribution in [1.29, 1.82) is 0 Å². The van der Waals surface area contributed by atoms with Crippen LogP contribution in [0.2, 0.25) is 0 Å². The van der Waals surface area contributed by atoms with E-state index in [1.807, 2.05) is 37.4 Å². The maximum absolute atomic E-state index is 13.3. The molecule has 0 radical (unpaired) electrons. The van der Waals surface area contributed by atoms with Crippen LogP contribution in [0.1, 0.15) is 22.1 Å². The Morgan fingerprint density at radius 1 is 1.03 bits per heavy atom. The first-order chi connectivity index (χ1) is 15.0. The summed E-state index contributed by atoms with van der Waals surface area (Å²) in [4.78, 5) is 40.4. The number of piperazine rings is 1. The Hall–Kier alpha value is -3.04. The van der Waals surface area contributed by atoms with Crippen molar-refractivity contribution in [2.24, 2.45) is 0 Å². The Morgan fingerprint density at radius 2 is 1.77 bits per heavy atom. The van der Waals surface area contributed by atoms with Crippen LogP contribution < -0.4 is 4.90 Å². The zero-order valence-corrected chi connectivity index (χ0v) is 18.4. The quantitative estimate of drug-likeness (QED) is 0.521. The van der Waals surface area contributed by atoms with E-state index in [1.165, 1.54) is 4.90 Å². The molecule has 0 spiro atoms. The van der Waals surface area contributed by atoms with Gasteiger partial charge in [0.1, 0.15) is 10.4 Å². The number of hydrogen-bond donors (Lipinski definition) is 0. The number of rotatable bonds is 2. The molecule has 1 unspecified atom stereocenters. The lowest BCUT2D eigenvalue weighted by atomic mass is 10.1. The normalized spacial score (nSPS) is 19.0. The number of carbonyl (C=O) groups is 2. The predicted octanol–water partition coefficient (Wildman–Crippen LogP) is 3.44. The lowest BCUT2D eigenvalue weighted by Gasteiger charge is -2.33. The monoisotopic (exact) mass is 481 g/mol. The van der Waals surface area contributed by atoms with Crippen molar-refractivity contribution in [3.63, 3.8) is 0 Å². The van der Waals surface area contributed by atoms with E-state index < -0.39 is 12.3 Å². The minimum absolute atomic E-state index is 0.256. The van der Waals surface area contributed by atoms with Crippen molar-refractivity contribution in [2.75, 3.05) is 38.1 Å². The van der Waals surface area contributed by atoms with Crippen LogP contribution >= 0.6 is 15.9 Å². The molecular weight excluding hydrogens is 462 g/mol. The molecule has 4 heterocycles. The van der Waals surface area contributed by atoms with Crippen molar-refractivity contribution in [2.45, 2.75) is 6.23 Å². The summed E-state index contributed by atoms with van der Waals surface area (Å²) in [5, 5.41) is 0.849. The third kappa shape index (κ3) is 3.64. The number of pyridine rings is 2. The number of ether oxygens (including phenoxy) is 1. The molecule has 0 saturated carbocycles. The van der Waals surface area contributed by atoms with Gasteiger partial charge in [0.15, 0.2) is 5.65 Å². The third-order valence-corrected chi connectivity index (χ3v) is 6.08. The van der Waals surface area contributed by atoms with Gasteiger partial charge < -0.3 is 14.5 Å². The first-order valence-corrected chi connectivity index (χ1v) is 10.8. The van der Waals surface area contributed by atoms with Crippen LogP contribution in [0.15, 0.2) is 53.1 Å². The molecule has 5 rings (SSSR count). The van der Waals surface area contributed by atoms with Gasteiger partial charge in [0.2, 0.25) is 6.23 Å². The summed E-state index contributed by atoms with van der Waals surface area (Å²) in [6.45, 7) is 2.74. The van der Waals surface area contributed by atoms with E-state index in [0.29, 0.717) is 40.3 Å². The number of benzene rings is 1. The molecule has 3 aromatic rings. The number of fused-ring (bicyclic) bond motifs is 2. The molecule has 0 aliphatic carbocycles. The summed E-state index contributed by atoms with van der Waals surface area (Å²) in [6, 6.07) is 14.5. The van der Waals surface area contributed by atoms with Gasteiger partial charge in [-0.15, -0.1) is 0 Å². The topological polar surface area (TPSA) is 78.9 Å². The zero-order chi connectivity index (χ0) is 21.5. The fourth-order valence-electron chi connectivity index (χ4n) is 3.88. The van der Waals surface area contributed by atoms with Crippen LogP contribution in [0.25, 0.3) is 11.0 Å². The molecule has 2 aromatic heterocycles. The van der Waals surface area contributed by atoms with Crippen LogP contribution in [0.5, 0.6) is 0 Å². The first-order valence-electron chi connectivity index (χ1n) is 10.0. The molecule has 8 nitrogen and oxygen atoms in total. The third-order valence-electron chi connectivity index (χ3n) is 5.64. The van der Waals surface area contributed by atoms with Crippen molar-refractivity contribution < 1.29 is 14.3 Å². The molecule has 2 aliphatic heterocycles. The Morgan fingerprint density at radius 3 is 2.58 bits per heavy atom. The molecule has 0 bridgehead atoms. The van der Waals surface area contributed by atoms with Crippen molar-refractivity contribution >= 4 is 44.8 Å². The molecule has 1 aromatic carbocycles. The fourth-order valence-corrected chi connectivity index (χ4v) is 4.18. The summed E-state index contributed by atoms with van der Waals surface area (Å²) >= 11 is 3.36. The van der Waals surface area contributed by atoms with Crippen LogP contribution in [0, 0.1) is 0 Å². The molecule has 2 aliphatic rings. The second-order valence-corrected chi connectivity index (χ2v) is 8.45. The Labute approximate surface area is 187 Å². The first kappa shape index (κ1) is 19.9. The van der Waals surface area contributed by atoms with Crippen LogP contribution in [-0.4, -0.2) is 65.0 Å². The maximum Gasteiger partial charge on any atom is 0.412 e. The number of anilines is 1. The average molecular weight is 482 g/mol. The van der Waals surface area contributed by atoms with E-state index in [-0.39, 0.29) is 5.91 Å². The molecule has 158 valence electrons. The van der Waals surface area contributed by atoms with Gasteiger partial charge in [0.05, 0.1) is 0 Å². The number of carbonyl (C=O) groups excluding carboxylic acids is 2. The van der Waals surface area contributed by atoms with E-state index in [1.54, 1.807) is 23.1 Å². The van der Waals surface area contributed by atoms with Crippen LogP contribution in [-0.2, 0) is 4.74 Å². The second kappa shape index (κ2) is 7.90. The minimum atomic E-state index is -0.882. The number of amides is 2. The number of halogens is 1. The molecule has 31 heavy (non-hydrogen) atoms. The van der Waals surface area contributed by atoms with Crippen molar-refractivity contribution in [3.05, 3.63) is 64.3 Å². The number of nitrogens with zero attached hydrogens (tertiary/aromatic N) is 5. The summed E-state index contributed by atoms with van der Waals surface area (Å²) in [6.07, 6.45) is -1.32. The molecule has 1 fully saturated rings. The molecular formula is C22H20BrN5O3. The fraction of sp³-hybridized carbons (Fsp3) is 0.273. The van der Waals surface area contributed by atoms with Crippen molar-refractivity contribution in [3.8, 4) is 0 Å². The SMILES string of the molecule is CN1CCN(C(=O)OC2c3ccccc3C(=O)N2c2ccc3ccc(Br)nc3n2)CC1. The van der Waals surface area contributed by atoms with Gasteiger partial charge in [-0.25, -0.2) is 14.8 Å². The molecule has 1 atom stereocenters. The van der Waals surface area contributed by atoms with Gasteiger partial charge in [-0.05, 0) is 53.3 Å². The Kier molecular flexibility index (Phi) is 5.07. The van der Waals surface area contributed by atoms with Gasteiger partial charge >= 0.3 is 6.09 Å². The van der Waals surface area contributed by atoms with Gasteiger partial charge in [-0.3, -0.25) is 9.69 Å². The largest absolute Gasteiger partial charge is 0.420 e. The summed E-state index contributed by atoms with van der Waals surface area (Å²) in [7, 11) is 2.02. The molecule has 1 saturated heterocycles. The summed E-state index contributed by atoms with van der Waals surface area (Å²) in [5.74, 6) is 0.129. The average Bonchev–Trinajstić information content (AvgIpc) is 3.05. The van der Waals surface area contributed by atoms with Crippen LogP contribution in [0.3, 0.4) is 0 Å². The number of hydrogen-bond acceptors (Lipinski definition) is 6. The lowest BCUT2D eigenvalue weighted by molar-refractivity contribution is 0.0489. The smallest absolute Gasteiger partial charge is 0.412 e. The van der Waals surface area contributed by atoms with E-state index >= 15 is 0 Å². The van der Waals surface area contributed by atoms with E-state index in [0.717, 1.165) is 18.5 Å². The van der Waals surface area contributed by atoms with E-state index in [4.69, 9.17) is 4.74 Å². The maximum atomic E-state index is 13.3. The van der Waals surface area contributed by atoms with Gasteiger partial charge in [-0.1, -0.05) is 18.2 Å². The highest BCUT2D eigenvalue weighted by atomic mass is 79.9. The zero-order valence-electron chi connectivity index (χ0n) is 16.9. The van der Waals surface area contributed by atoms with Gasteiger partial charge in [0, 0.05) is 42.7 Å². The van der Waals surface area contributed by atoms with E-state index in [9.17, 15) is 9.59 Å². The Balaban J connectivity index is 1.51. The molecule has 9 heteroatoms. The van der Waals surface area contributed by atoms with Crippen molar-refractivity contribution in [1.82, 2.24) is 19.8 Å². The minimum Gasteiger partial charge on any atom is -0.420 e. The highest BCUT2D eigenvalue weighted by Crippen LogP contribution is 2.38. The van der Waals surface area contributed by atoms with Gasteiger partial charge in [-0.2, -0.15) is 0 Å². The number of likely N-dealkylation sites (N-methyl/N-ethyl adjacent to an activating group) is 1. The summed E-state index contributed by atoms with van der Waals surface area (Å²) in [5.41, 5.74) is 1.65. The second-order valence-electron chi connectivity index (χ2n) is 7.64. The Bertz CT molecular complexity index is 1180. The lowest BCUT2D eigenvalue weighted by Crippen LogP contribution is -2.48. The molecule has 0 N–H and O–H groups in total. The summed E-state index contributed by atoms with van der Waals surface area (Å²) < 4.78 is 6.54. The molecule has 2 amide bonds. The highest BCUT2D eigenvalue weighted by molar-refractivity contribution is 9.10.